The van der Waals surface area contributed by atoms with Crippen molar-refractivity contribution in [3.8, 4) is 0 Å². The van der Waals surface area contributed by atoms with Crippen molar-refractivity contribution in [3.63, 3.8) is 0 Å². The average Bonchev–Trinajstić information content (AvgIpc) is 3.00. The molecule has 0 atom stereocenters. The van der Waals surface area contributed by atoms with Crippen molar-refractivity contribution in [1.29, 1.82) is 0 Å². The first kappa shape index (κ1) is 16.6. The van der Waals surface area contributed by atoms with Crippen molar-refractivity contribution in [1.82, 2.24) is 9.80 Å². The van der Waals surface area contributed by atoms with Gasteiger partial charge >= 0.3 is 0 Å². The van der Waals surface area contributed by atoms with E-state index in [9.17, 15) is 19.7 Å². The molecule has 0 aliphatic carbocycles. The maximum Gasteiger partial charge on any atom is 0.292 e. The van der Waals surface area contributed by atoms with Crippen molar-refractivity contribution in [3.05, 3.63) is 34.4 Å². The molecule has 24 heavy (non-hydrogen) atoms. The van der Waals surface area contributed by atoms with E-state index < -0.39 is 0 Å². The summed E-state index contributed by atoms with van der Waals surface area (Å²) in [7, 11) is 0. The van der Waals surface area contributed by atoms with Crippen LogP contribution in [0, 0.1) is 10.1 Å². The van der Waals surface area contributed by atoms with Gasteiger partial charge in [0.2, 0.25) is 5.91 Å². The fraction of sp³-hybridized carbons (Fsp3) is 0.467. The lowest BCUT2D eigenvalue weighted by Gasteiger charge is -2.36. The maximum absolute atomic E-state index is 12.3. The third-order valence-electron chi connectivity index (χ3n) is 4.22. The summed E-state index contributed by atoms with van der Waals surface area (Å²) in [5.41, 5.74) is 0.665. The number of hydrogen-bond donors (Lipinski definition) is 0. The summed E-state index contributed by atoms with van der Waals surface area (Å²) >= 11 is 1.24. The number of nitrogens with zero attached hydrogens (tertiary/aromatic N) is 4. The van der Waals surface area contributed by atoms with Crippen LogP contribution in [0.2, 0.25) is 0 Å². The molecule has 2 aliphatic rings. The number of benzene rings is 1. The first-order valence-electron chi connectivity index (χ1n) is 7.74. The third kappa shape index (κ3) is 3.45. The first-order chi connectivity index (χ1) is 11.6. The standard InChI is InChI=1S/C15H18N4O4S/c20-14(11-18-9-10-24-15(18)21)17-7-5-16(6-8-17)12-3-1-2-4-13(12)19(22)23/h1-4H,5-11H2. The van der Waals surface area contributed by atoms with Crippen LogP contribution in [0.4, 0.5) is 16.2 Å². The summed E-state index contributed by atoms with van der Waals surface area (Å²) in [6.07, 6.45) is 0. The van der Waals surface area contributed by atoms with Gasteiger partial charge in [-0.3, -0.25) is 19.7 Å². The molecule has 0 saturated carbocycles. The van der Waals surface area contributed by atoms with E-state index in [1.165, 1.54) is 17.8 Å². The zero-order valence-electron chi connectivity index (χ0n) is 13.1. The summed E-state index contributed by atoms with van der Waals surface area (Å²) in [4.78, 5) is 39.9. The Morgan fingerprint density at radius 1 is 1.17 bits per heavy atom. The van der Waals surface area contributed by atoms with Crippen LogP contribution in [0.1, 0.15) is 0 Å². The molecule has 128 valence electrons. The number of nitro groups is 1. The van der Waals surface area contributed by atoms with Crippen molar-refractivity contribution in [2.75, 3.05) is 49.9 Å². The van der Waals surface area contributed by atoms with E-state index in [2.05, 4.69) is 0 Å². The van der Waals surface area contributed by atoms with Crippen LogP contribution in [-0.4, -0.2) is 70.9 Å². The summed E-state index contributed by atoms with van der Waals surface area (Å²) in [5, 5.41) is 11.1. The Kier molecular flexibility index (Phi) is 4.89. The van der Waals surface area contributed by atoms with E-state index >= 15 is 0 Å². The zero-order chi connectivity index (χ0) is 17.1. The van der Waals surface area contributed by atoms with Gasteiger partial charge in [-0.25, -0.2) is 0 Å². The van der Waals surface area contributed by atoms with Gasteiger partial charge in [-0.2, -0.15) is 0 Å². The van der Waals surface area contributed by atoms with Crippen LogP contribution < -0.4 is 4.90 Å². The predicted octanol–water partition coefficient (Wildman–Crippen LogP) is 1.41. The number of para-hydroxylation sites is 2. The highest BCUT2D eigenvalue weighted by atomic mass is 32.2. The van der Waals surface area contributed by atoms with E-state index in [1.54, 1.807) is 28.0 Å². The smallest absolute Gasteiger partial charge is 0.292 e. The first-order valence-corrected chi connectivity index (χ1v) is 8.72. The SMILES string of the molecule is O=C(CN1CCSC1=O)N1CCN(c2ccccc2[N+](=O)[O-])CC1. The maximum atomic E-state index is 12.3. The Bertz CT molecular complexity index is 661. The van der Waals surface area contributed by atoms with Gasteiger partial charge in [0, 0.05) is 44.5 Å². The number of piperazine rings is 1. The number of hydrogen-bond acceptors (Lipinski definition) is 6. The van der Waals surface area contributed by atoms with Gasteiger partial charge in [-0.15, -0.1) is 0 Å². The van der Waals surface area contributed by atoms with E-state index in [-0.39, 0.29) is 28.3 Å². The molecular weight excluding hydrogens is 332 g/mol. The summed E-state index contributed by atoms with van der Waals surface area (Å²) in [5.74, 6) is 0.672. The van der Waals surface area contributed by atoms with E-state index in [1.807, 2.05) is 4.90 Å². The molecule has 8 nitrogen and oxygen atoms in total. The second-order valence-electron chi connectivity index (χ2n) is 5.65. The third-order valence-corrected chi connectivity index (χ3v) is 5.11. The highest BCUT2D eigenvalue weighted by Gasteiger charge is 2.28. The number of rotatable bonds is 4. The molecular formula is C15H18N4O4S. The molecule has 2 saturated heterocycles. The van der Waals surface area contributed by atoms with Gasteiger partial charge in [0.1, 0.15) is 12.2 Å². The quantitative estimate of drug-likeness (QED) is 0.603. The number of thioether (sulfide) groups is 1. The van der Waals surface area contributed by atoms with Gasteiger partial charge in [0.05, 0.1) is 4.92 Å². The van der Waals surface area contributed by atoms with Crippen molar-refractivity contribution < 1.29 is 14.5 Å². The predicted molar refractivity (Wildman–Crippen MR) is 91.3 cm³/mol. The van der Waals surface area contributed by atoms with Crippen LogP contribution in [0.5, 0.6) is 0 Å². The second-order valence-corrected chi connectivity index (χ2v) is 6.70. The minimum atomic E-state index is -0.385. The molecule has 0 unspecified atom stereocenters. The number of anilines is 1. The molecule has 2 heterocycles. The van der Waals surface area contributed by atoms with Crippen molar-refractivity contribution in [2.24, 2.45) is 0 Å². The van der Waals surface area contributed by atoms with Crippen LogP contribution in [-0.2, 0) is 4.79 Å². The highest BCUT2D eigenvalue weighted by molar-refractivity contribution is 8.13. The van der Waals surface area contributed by atoms with E-state index in [4.69, 9.17) is 0 Å². The fourth-order valence-electron chi connectivity index (χ4n) is 2.92. The molecule has 0 aromatic heterocycles. The minimum Gasteiger partial charge on any atom is -0.362 e. The van der Waals surface area contributed by atoms with Gasteiger partial charge in [0.15, 0.2) is 0 Å². The fourth-order valence-corrected chi connectivity index (χ4v) is 3.74. The highest BCUT2D eigenvalue weighted by Crippen LogP contribution is 2.28. The van der Waals surface area contributed by atoms with Gasteiger partial charge in [-0.1, -0.05) is 23.9 Å². The summed E-state index contributed by atoms with van der Waals surface area (Å²) in [6.45, 7) is 2.82. The second kappa shape index (κ2) is 7.08. The Balaban J connectivity index is 1.59. The molecule has 1 aromatic rings. The molecule has 9 heteroatoms. The Morgan fingerprint density at radius 2 is 1.88 bits per heavy atom. The molecule has 2 amide bonds. The topological polar surface area (TPSA) is 87.0 Å². The lowest BCUT2D eigenvalue weighted by atomic mass is 10.2. The van der Waals surface area contributed by atoms with Crippen LogP contribution in [0.3, 0.4) is 0 Å². The largest absolute Gasteiger partial charge is 0.362 e. The summed E-state index contributed by atoms with van der Waals surface area (Å²) in [6, 6.07) is 6.64. The van der Waals surface area contributed by atoms with Crippen LogP contribution >= 0.6 is 11.8 Å². The van der Waals surface area contributed by atoms with E-state index in [0.717, 1.165) is 5.75 Å². The lowest BCUT2D eigenvalue weighted by Crippen LogP contribution is -2.51. The van der Waals surface area contributed by atoms with Gasteiger partial charge in [-0.05, 0) is 6.07 Å². The number of carbonyl (C=O) groups excluding carboxylic acids is 2. The Labute approximate surface area is 143 Å². The van der Waals surface area contributed by atoms with Crippen LogP contribution in [0.25, 0.3) is 0 Å². The molecule has 3 rings (SSSR count). The Morgan fingerprint density at radius 3 is 2.50 bits per heavy atom. The number of amides is 2. The number of carbonyl (C=O) groups is 2. The molecule has 2 fully saturated rings. The van der Waals surface area contributed by atoms with Gasteiger partial charge < -0.3 is 14.7 Å². The monoisotopic (exact) mass is 350 g/mol. The van der Waals surface area contributed by atoms with Crippen LogP contribution in [0.15, 0.2) is 24.3 Å². The van der Waals surface area contributed by atoms with E-state index in [0.29, 0.717) is 38.4 Å². The molecule has 0 bridgehead atoms. The minimum absolute atomic E-state index is 0.0399. The average molecular weight is 350 g/mol. The normalized spacial score (nSPS) is 18.2. The molecule has 0 N–H and O–H groups in total. The molecule has 2 aliphatic heterocycles. The zero-order valence-corrected chi connectivity index (χ0v) is 13.9. The Hall–Kier alpha value is -2.29. The summed E-state index contributed by atoms with van der Waals surface area (Å²) < 4.78 is 0. The lowest BCUT2D eigenvalue weighted by molar-refractivity contribution is -0.384. The molecule has 0 radical (unpaired) electrons. The van der Waals surface area contributed by atoms with Gasteiger partial charge in [0.25, 0.3) is 10.9 Å². The van der Waals surface area contributed by atoms with Crippen molar-refractivity contribution >= 4 is 34.3 Å². The van der Waals surface area contributed by atoms with Crippen molar-refractivity contribution in [2.45, 2.75) is 0 Å². The molecule has 0 spiro atoms. The molecule has 1 aromatic carbocycles. The number of nitro benzene ring substituents is 1.